The van der Waals surface area contributed by atoms with E-state index in [1.54, 1.807) is 0 Å². The van der Waals surface area contributed by atoms with E-state index in [9.17, 15) is 4.79 Å². The molecule has 0 spiro atoms. The number of nitrogens with one attached hydrogen (secondary N) is 1. The van der Waals surface area contributed by atoms with Crippen LogP contribution in [0.4, 0.5) is 11.4 Å². The summed E-state index contributed by atoms with van der Waals surface area (Å²) in [6.45, 7) is 4.39. The van der Waals surface area contributed by atoms with Gasteiger partial charge in [0.2, 0.25) is 5.91 Å². The topological polar surface area (TPSA) is 32.3 Å². The second-order valence-corrected chi connectivity index (χ2v) is 6.56. The smallest absolute Gasteiger partial charge is 0.227 e. The van der Waals surface area contributed by atoms with Gasteiger partial charge in [-0.15, -0.1) is 0 Å². The van der Waals surface area contributed by atoms with Gasteiger partial charge in [0.05, 0.1) is 0 Å². The summed E-state index contributed by atoms with van der Waals surface area (Å²) >= 11 is 0. The third-order valence-corrected chi connectivity index (χ3v) is 5.13. The summed E-state index contributed by atoms with van der Waals surface area (Å²) in [6, 6.07) is 8.32. The van der Waals surface area contributed by atoms with Gasteiger partial charge in [-0.3, -0.25) is 4.79 Å². The number of hydrogen-bond acceptors (Lipinski definition) is 2. The molecule has 1 saturated carbocycles. The Labute approximate surface area is 127 Å². The Bertz CT molecular complexity index is 470. The van der Waals surface area contributed by atoms with Crippen molar-refractivity contribution in [3.05, 3.63) is 24.3 Å². The van der Waals surface area contributed by atoms with Crippen LogP contribution in [0.15, 0.2) is 24.3 Å². The third-order valence-electron chi connectivity index (χ3n) is 5.13. The monoisotopic (exact) mass is 286 g/mol. The lowest BCUT2D eigenvalue weighted by atomic mass is 9.92. The van der Waals surface area contributed by atoms with E-state index in [0.29, 0.717) is 5.92 Å². The van der Waals surface area contributed by atoms with Crippen molar-refractivity contribution in [1.29, 1.82) is 0 Å². The molecule has 0 radical (unpaired) electrons. The van der Waals surface area contributed by atoms with Crippen LogP contribution in [0.2, 0.25) is 0 Å². The molecule has 2 fully saturated rings. The Kier molecular flexibility index (Phi) is 4.47. The Morgan fingerprint density at radius 1 is 1.10 bits per heavy atom. The maximum absolute atomic E-state index is 12.3. The molecule has 21 heavy (non-hydrogen) atoms. The van der Waals surface area contributed by atoms with Crippen LogP contribution in [-0.4, -0.2) is 19.0 Å². The van der Waals surface area contributed by atoms with E-state index in [1.807, 2.05) is 12.1 Å². The van der Waals surface area contributed by atoms with Crippen LogP contribution in [-0.2, 0) is 4.79 Å². The van der Waals surface area contributed by atoms with Crippen molar-refractivity contribution in [3.63, 3.8) is 0 Å². The molecule has 1 N–H and O–H groups in total. The van der Waals surface area contributed by atoms with Crippen LogP contribution in [0.1, 0.15) is 45.4 Å². The zero-order valence-corrected chi connectivity index (χ0v) is 13.0. The van der Waals surface area contributed by atoms with E-state index in [4.69, 9.17) is 0 Å². The summed E-state index contributed by atoms with van der Waals surface area (Å²) < 4.78 is 0. The van der Waals surface area contributed by atoms with Crippen molar-refractivity contribution in [2.45, 2.75) is 45.4 Å². The third kappa shape index (κ3) is 3.39. The molecule has 1 aliphatic carbocycles. The molecular formula is C18H26N2O. The lowest BCUT2D eigenvalue weighted by Gasteiger charge is -2.20. The minimum absolute atomic E-state index is 0.130. The van der Waals surface area contributed by atoms with Crippen LogP contribution in [0, 0.1) is 11.8 Å². The normalized spacial score (nSPS) is 20.7. The first-order valence-electron chi connectivity index (χ1n) is 8.40. The van der Waals surface area contributed by atoms with E-state index in [2.05, 4.69) is 29.3 Å². The summed E-state index contributed by atoms with van der Waals surface area (Å²) in [5.41, 5.74) is 2.20. The van der Waals surface area contributed by atoms with E-state index in [0.717, 1.165) is 18.8 Å². The predicted molar refractivity (Wildman–Crippen MR) is 87.6 cm³/mol. The highest BCUT2D eigenvalue weighted by molar-refractivity contribution is 5.92. The highest BCUT2D eigenvalue weighted by Crippen LogP contribution is 2.32. The molecule has 1 aromatic rings. The molecule has 1 heterocycles. The number of amides is 1. The largest absolute Gasteiger partial charge is 0.372 e. The summed E-state index contributed by atoms with van der Waals surface area (Å²) in [7, 11) is 0. The predicted octanol–water partition coefficient (Wildman–Crippen LogP) is 4.05. The van der Waals surface area contributed by atoms with Crippen LogP contribution in [0.5, 0.6) is 0 Å². The fourth-order valence-electron chi connectivity index (χ4n) is 3.66. The molecule has 2 aliphatic rings. The van der Waals surface area contributed by atoms with Gasteiger partial charge in [-0.2, -0.15) is 0 Å². The zero-order valence-electron chi connectivity index (χ0n) is 13.0. The quantitative estimate of drug-likeness (QED) is 0.905. The summed E-state index contributed by atoms with van der Waals surface area (Å²) in [5.74, 6) is 0.885. The second-order valence-electron chi connectivity index (χ2n) is 6.56. The number of hydrogen-bond donors (Lipinski definition) is 1. The summed E-state index contributed by atoms with van der Waals surface area (Å²) in [6.07, 6.45) is 7.57. The molecular weight excluding hydrogens is 260 g/mol. The van der Waals surface area contributed by atoms with Crippen LogP contribution >= 0.6 is 0 Å². The maximum atomic E-state index is 12.3. The minimum atomic E-state index is 0.130. The molecule has 1 aliphatic heterocycles. The number of carbonyl (C=O) groups excluding carboxylic acids is 1. The molecule has 0 bridgehead atoms. The van der Waals surface area contributed by atoms with Gasteiger partial charge in [-0.1, -0.05) is 19.8 Å². The number of rotatable bonds is 4. The van der Waals surface area contributed by atoms with Gasteiger partial charge in [-0.05, 0) is 55.9 Å². The van der Waals surface area contributed by atoms with Crippen molar-refractivity contribution in [2.75, 3.05) is 23.3 Å². The number of nitrogens with zero attached hydrogens (tertiary/aromatic N) is 1. The first-order valence-corrected chi connectivity index (χ1v) is 8.40. The molecule has 3 nitrogen and oxygen atoms in total. The minimum Gasteiger partial charge on any atom is -0.372 e. The summed E-state index contributed by atoms with van der Waals surface area (Å²) in [4.78, 5) is 14.7. The molecule has 114 valence electrons. The van der Waals surface area contributed by atoms with Gasteiger partial charge in [0.15, 0.2) is 0 Å². The molecule has 3 heteroatoms. The lowest BCUT2D eigenvalue weighted by molar-refractivity contribution is -0.120. The van der Waals surface area contributed by atoms with E-state index in [-0.39, 0.29) is 11.8 Å². The number of anilines is 2. The van der Waals surface area contributed by atoms with Gasteiger partial charge < -0.3 is 10.2 Å². The molecule has 1 amide bonds. The van der Waals surface area contributed by atoms with E-state index in [1.165, 1.54) is 44.2 Å². The van der Waals surface area contributed by atoms with Crippen LogP contribution in [0.3, 0.4) is 0 Å². The average molecular weight is 286 g/mol. The first kappa shape index (κ1) is 14.4. The van der Waals surface area contributed by atoms with Gasteiger partial charge >= 0.3 is 0 Å². The standard InChI is InChI=1S/C18H26N2O/c1-14(15-6-2-3-7-15)18(21)19-16-8-10-17(11-9-16)20-12-4-5-13-20/h8-11,14-15H,2-7,12-13H2,1H3,(H,19,21). The average Bonchev–Trinajstić information content (AvgIpc) is 3.20. The van der Waals surface area contributed by atoms with E-state index >= 15 is 0 Å². The first-order chi connectivity index (χ1) is 10.2. The number of benzene rings is 1. The summed E-state index contributed by atoms with van der Waals surface area (Å²) in [5, 5.41) is 3.08. The Balaban J connectivity index is 1.57. The van der Waals surface area contributed by atoms with Crippen molar-refractivity contribution >= 4 is 17.3 Å². The van der Waals surface area contributed by atoms with Crippen molar-refractivity contribution < 1.29 is 4.79 Å². The Morgan fingerprint density at radius 2 is 1.71 bits per heavy atom. The highest BCUT2D eigenvalue weighted by Gasteiger charge is 2.26. The molecule has 1 atom stereocenters. The molecule has 0 aromatic heterocycles. The van der Waals surface area contributed by atoms with E-state index < -0.39 is 0 Å². The SMILES string of the molecule is CC(C(=O)Nc1ccc(N2CCCC2)cc1)C1CCCC1. The lowest BCUT2D eigenvalue weighted by Crippen LogP contribution is -2.25. The van der Waals surface area contributed by atoms with Crippen molar-refractivity contribution in [3.8, 4) is 0 Å². The highest BCUT2D eigenvalue weighted by atomic mass is 16.1. The van der Waals surface area contributed by atoms with Gasteiger partial charge in [0.25, 0.3) is 0 Å². The zero-order chi connectivity index (χ0) is 14.7. The molecule has 1 unspecified atom stereocenters. The maximum Gasteiger partial charge on any atom is 0.227 e. The fourth-order valence-corrected chi connectivity index (χ4v) is 3.66. The van der Waals surface area contributed by atoms with Crippen molar-refractivity contribution in [1.82, 2.24) is 0 Å². The van der Waals surface area contributed by atoms with Crippen LogP contribution < -0.4 is 10.2 Å². The fraction of sp³-hybridized carbons (Fsp3) is 0.611. The van der Waals surface area contributed by atoms with Gasteiger partial charge in [0, 0.05) is 30.4 Å². The Hall–Kier alpha value is -1.51. The Morgan fingerprint density at radius 3 is 2.33 bits per heavy atom. The number of carbonyl (C=O) groups is 1. The second kappa shape index (κ2) is 6.50. The molecule has 3 rings (SSSR count). The van der Waals surface area contributed by atoms with Crippen LogP contribution in [0.25, 0.3) is 0 Å². The molecule has 1 aromatic carbocycles. The van der Waals surface area contributed by atoms with Gasteiger partial charge in [-0.25, -0.2) is 0 Å². The van der Waals surface area contributed by atoms with Gasteiger partial charge in [0.1, 0.15) is 0 Å². The van der Waals surface area contributed by atoms with Crippen molar-refractivity contribution in [2.24, 2.45) is 11.8 Å². The molecule has 1 saturated heterocycles.